The van der Waals surface area contributed by atoms with Gasteiger partial charge in [0.05, 0.1) is 8.07 Å². The van der Waals surface area contributed by atoms with E-state index in [0.717, 1.165) is 6.07 Å². The van der Waals surface area contributed by atoms with Gasteiger partial charge in [-0.3, -0.25) is 0 Å². The molecule has 0 unspecified atom stereocenters. The Morgan fingerprint density at radius 1 is 0.895 bits per heavy atom. The van der Waals surface area contributed by atoms with Gasteiger partial charge >= 0.3 is 0 Å². The van der Waals surface area contributed by atoms with Crippen LogP contribution in [0.3, 0.4) is 0 Å². The van der Waals surface area contributed by atoms with Gasteiger partial charge in [0.1, 0.15) is 5.82 Å². The number of aromatic hydroxyl groups is 1. The minimum Gasteiger partial charge on any atom is -0.505 e. The molecule has 108 valence electrons. The van der Waals surface area contributed by atoms with E-state index in [0.29, 0.717) is 5.19 Å². The van der Waals surface area contributed by atoms with E-state index in [1.165, 1.54) is 6.07 Å². The van der Waals surface area contributed by atoms with Crippen molar-refractivity contribution in [1.29, 1.82) is 0 Å². The van der Waals surface area contributed by atoms with Crippen LogP contribution in [0.25, 0.3) is 0 Å². The molecule has 0 aromatic heterocycles. The predicted octanol–water partition coefficient (Wildman–Crippen LogP) is 4.56. The molecule has 0 heterocycles. The smallest absolute Gasteiger partial charge is 0.164 e. The van der Waals surface area contributed by atoms with Crippen LogP contribution in [0.2, 0.25) is 16.6 Å². The summed E-state index contributed by atoms with van der Waals surface area (Å²) in [5, 5.41) is 10.0. The van der Waals surface area contributed by atoms with Crippen LogP contribution in [-0.2, 0) is 0 Å². The maximum atomic E-state index is 14.4. The molecule has 0 saturated carbocycles. The predicted molar refractivity (Wildman–Crippen MR) is 78.7 cm³/mol. The summed E-state index contributed by atoms with van der Waals surface area (Å²) in [7, 11) is -2.29. The zero-order valence-electron chi connectivity index (χ0n) is 12.6. The first-order valence-electron chi connectivity index (χ1n) is 6.84. The van der Waals surface area contributed by atoms with E-state index in [1.54, 1.807) is 0 Å². The fraction of sp³-hybridized carbons (Fsp3) is 0.600. The lowest BCUT2D eigenvalue weighted by molar-refractivity contribution is 0.429. The quantitative estimate of drug-likeness (QED) is 0.805. The minimum absolute atomic E-state index is 0.267. The first-order valence-corrected chi connectivity index (χ1v) is 9.07. The van der Waals surface area contributed by atoms with Gasteiger partial charge in [0.15, 0.2) is 11.6 Å². The Labute approximate surface area is 115 Å². The number of rotatable bonds is 4. The number of benzene rings is 1. The van der Waals surface area contributed by atoms with Crippen LogP contribution in [0.15, 0.2) is 12.1 Å². The molecule has 0 aliphatic carbocycles. The van der Waals surface area contributed by atoms with Gasteiger partial charge in [-0.2, -0.15) is 0 Å². The molecule has 1 rings (SSSR count). The first-order chi connectivity index (χ1) is 8.65. The molecule has 0 atom stereocenters. The summed E-state index contributed by atoms with van der Waals surface area (Å²) < 4.78 is 28.0. The van der Waals surface area contributed by atoms with Gasteiger partial charge in [0.2, 0.25) is 0 Å². The Kier molecular flexibility index (Phi) is 4.77. The van der Waals surface area contributed by atoms with Gasteiger partial charge in [-0.1, -0.05) is 41.5 Å². The number of hydrogen-bond acceptors (Lipinski definition) is 1. The van der Waals surface area contributed by atoms with Crippen molar-refractivity contribution in [3.63, 3.8) is 0 Å². The van der Waals surface area contributed by atoms with Crippen LogP contribution in [0.5, 0.6) is 5.75 Å². The van der Waals surface area contributed by atoms with Crippen LogP contribution in [0.1, 0.15) is 41.5 Å². The summed E-state index contributed by atoms with van der Waals surface area (Å²) in [6.07, 6.45) is 0. The molecule has 0 aliphatic rings. The fourth-order valence-corrected chi connectivity index (χ4v) is 10.6. The van der Waals surface area contributed by atoms with Crippen molar-refractivity contribution in [3.05, 3.63) is 23.8 Å². The third-order valence-corrected chi connectivity index (χ3v) is 11.4. The molecule has 19 heavy (non-hydrogen) atoms. The van der Waals surface area contributed by atoms with Gasteiger partial charge in [0.25, 0.3) is 0 Å². The van der Waals surface area contributed by atoms with Crippen LogP contribution in [0, 0.1) is 11.6 Å². The summed E-state index contributed by atoms with van der Waals surface area (Å²) in [6, 6.07) is 2.14. The number of hydrogen-bond donors (Lipinski definition) is 1. The van der Waals surface area contributed by atoms with Gasteiger partial charge < -0.3 is 5.11 Å². The molecule has 1 nitrogen and oxygen atoms in total. The summed E-state index contributed by atoms with van der Waals surface area (Å²) in [5.74, 6) is -1.77. The van der Waals surface area contributed by atoms with Crippen molar-refractivity contribution in [2.75, 3.05) is 0 Å². The molecule has 0 saturated heterocycles. The highest BCUT2D eigenvalue weighted by atomic mass is 28.3. The Hall–Kier alpha value is -0.903. The van der Waals surface area contributed by atoms with E-state index in [1.807, 2.05) is 0 Å². The third kappa shape index (κ3) is 2.55. The van der Waals surface area contributed by atoms with Crippen molar-refractivity contribution in [2.24, 2.45) is 0 Å². The average Bonchev–Trinajstić information content (AvgIpc) is 2.23. The van der Waals surface area contributed by atoms with Crippen molar-refractivity contribution in [3.8, 4) is 5.75 Å². The van der Waals surface area contributed by atoms with Crippen LogP contribution in [-0.4, -0.2) is 13.2 Å². The topological polar surface area (TPSA) is 20.2 Å². The fourth-order valence-electron chi connectivity index (χ4n) is 3.82. The standard InChI is InChI=1S/C15H24F2OSi/c1-9(2)19(10(3)4,11(5)6)14-8-12(16)7-13(18)15(14)17/h7-11,18H,1-6H3. The van der Waals surface area contributed by atoms with Crippen molar-refractivity contribution < 1.29 is 13.9 Å². The largest absolute Gasteiger partial charge is 0.505 e. The molecule has 0 aliphatic heterocycles. The summed E-state index contributed by atoms with van der Waals surface area (Å²) in [4.78, 5) is 0. The maximum Gasteiger partial charge on any atom is 0.164 e. The first kappa shape index (κ1) is 16.2. The maximum absolute atomic E-state index is 14.4. The van der Waals surface area contributed by atoms with Crippen LogP contribution < -0.4 is 5.19 Å². The Morgan fingerprint density at radius 3 is 1.68 bits per heavy atom. The average molecular weight is 286 g/mol. The zero-order valence-corrected chi connectivity index (χ0v) is 13.6. The molecule has 0 bridgehead atoms. The van der Waals surface area contributed by atoms with Crippen molar-refractivity contribution in [2.45, 2.75) is 58.2 Å². The monoisotopic (exact) mass is 286 g/mol. The van der Waals surface area contributed by atoms with E-state index < -0.39 is 25.5 Å². The lowest BCUT2D eigenvalue weighted by Gasteiger charge is -2.43. The number of phenols is 1. The van der Waals surface area contributed by atoms with Crippen molar-refractivity contribution >= 4 is 13.3 Å². The van der Waals surface area contributed by atoms with Crippen LogP contribution >= 0.6 is 0 Å². The molecule has 1 aromatic carbocycles. The molecule has 4 heteroatoms. The summed E-state index contributed by atoms with van der Waals surface area (Å²) in [5.41, 5.74) is 0.801. The van der Waals surface area contributed by atoms with E-state index in [-0.39, 0.29) is 16.6 Å². The van der Waals surface area contributed by atoms with Crippen molar-refractivity contribution in [1.82, 2.24) is 0 Å². The Morgan fingerprint density at radius 2 is 1.32 bits per heavy atom. The van der Waals surface area contributed by atoms with Gasteiger partial charge in [-0.15, -0.1) is 0 Å². The molecular weight excluding hydrogens is 262 g/mol. The minimum atomic E-state index is -2.29. The zero-order chi connectivity index (χ0) is 15.0. The van der Waals surface area contributed by atoms with E-state index in [2.05, 4.69) is 41.5 Å². The van der Waals surface area contributed by atoms with Gasteiger partial charge in [0, 0.05) is 6.07 Å². The molecule has 0 spiro atoms. The Balaban J connectivity index is 3.67. The van der Waals surface area contributed by atoms with E-state index in [9.17, 15) is 13.9 Å². The molecule has 0 radical (unpaired) electrons. The lowest BCUT2D eigenvalue weighted by atomic mass is 10.3. The molecule has 1 aromatic rings. The molecule has 0 fully saturated rings. The second-order valence-electron chi connectivity index (χ2n) is 6.18. The summed E-state index contributed by atoms with van der Waals surface area (Å²) >= 11 is 0. The molecular formula is C15H24F2OSi. The SMILES string of the molecule is CC(C)[Si](c1cc(F)cc(O)c1F)(C(C)C)C(C)C. The van der Waals surface area contributed by atoms with Crippen LogP contribution in [0.4, 0.5) is 8.78 Å². The highest BCUT2D eigenvalue weighted by molar-refractivity contribution is 6.95. The summed E-state index contributed by atoms with van der Waals surface area (Å²) in [6.45, 7) is 12.5. The molecule has 0 amide bonds. The Bertz CT molecular complexity index is 434. The normalized spacial score (nSPS) is 12.8. The second-order valence-corrected chi connectivity index (χ2v) is 12.1. The lowest BCUT2D eigenvalue weighted by Crippen LogP contribution is -2.57. The molecule has 1 N–H and O–H groups in total. The van der Waals surface area contributed by atoms with Gasteiger partial charge in [-0.05, 0) is 27.9 Å². The van der Waals surface area contributed by atoms with E-state index in [4.69, 9.17) is 0 Å². The number of halogens is 2. The third-order valence-electron chi connectivity index (χ3n) is 4.35. The number of phenolic OH excluding ortho intramolecular Hbond substituents is 1. The van der Waals surface area contributed by atoms with Gasteiger partial charge in [-0.25, -0.2) is 8.78 Å². The highest BCUT2D eigenvalue weighted by Crippen LogP contribution is 2.42. The van der Waals surface area contributed by atoms with E-state index >= 15 is 0 Å². The second kappa shape index (κ2) is 5.61. The highest BCUT2D eigenvalue weighted by Gasteiger charge is 2.46.